The zero-order valence-corrected chi connectivity index (χ0v) is 17.8. The minimum absolute atomic E-state index is 0. The van der Waals surface area contributed by atoms with Gasteiger partial charge in [-0.1, -0.05) is 26.1 Å². The van der Waals surface area contributed by atoms with E-state index in [1.54, 1.807) is 4.90 Å². The summed E-state index contributed by atoms with van der Waals surface area (Å²) in [5.74, 6) is 0.892. The number of hydrogen-bond acceptors (Lipinski definition) is 6. The number of hydrogen-bond donors (Lipinski definition) is 1. The van der Waals surface area contributed by atoms with E-state index >= 15 is 0 Å². The Morgan fingerprint density at radius 3 is 2.41 bits per heavy atom. The molecule has 32 heavy (non-hydrogen) atoms. The fourth-order valence-corrected chi connectivity index (χ4v) is 5.58. The number of fused-ring (bicyclic) bond motifs is 1. The molecule has 0 radical (unpaired) electrons. The number of nitrogens with two attached hydrogens (primary N) is 1. The van der Waals surface area contributed by atoms with E-state index in [4.69, 9.17) is 16.0 Å². The Morgan fingerprint density at radius 2 is 1.88 bits per heavy atom. The van der Waals surface area contributed by atoms with Crippen molar-refractivity contribution in [2.75, 3.05) is 31.1 Å². The first-order valence-corrected chi connectivity index (χ1v) is 10.8. The summed E-state index contributed by atoms with van der Waals surface area (Å²) in [6.45, 7) is 9.28. The van der Waals surface area contributed by atoms with Crippen LogP contribution in [0.25, 0.3) is 11.1 Å². The van der Waals surface area contributed by atoms with E-state index in [9.17, 15) is 5.26 Å². The largest absolute Gasteiger partial charge is 0.345 e. The molecular weight excluding hydrogens is 396 g/mol. The Hall–Kier alpha value is -3.35. The molecule has 1 aliphatic carbocycles. The standard InChI is InChI=1S/C25H26N6.CH4/c1-16-7-19(3-5-23(16)31-11-18(9-26)8-17(31)2)20-4-6-24(29-10-20)25(14-27)21-12-30(15-28)13-22(21)25;/h3-7,10,18,21-22H,2,8-9,11-13,26H2,1H3;1H4. The second-order valence-electron chi connectivity index (χ2n) is 9.11. The summed E-state index contributed by atoms with van der Waals surface area (Å²) >= 11 is 0. The minimum Gasteiger partial charge on any atom is -0.345 e. The number of rotatable bonds is 4. The number of anilines is 1. The van der Waals surface area contributed by atoms with Crippen LogP contribution >= 0.6 is 0 Å². The third-order valence-corrected chi connectivity index (χ3v) is 7.40. The minimum atomic E-state index is -0.526. The number of pyridine rings is 1. The summed E-state index contributed by atoms with van der Waals surface area (Å²) in [5.41, 5.74) is 11.8. The Labute approximate surface area is 190 Å². The van der Waals surface area contributed by atoms with Gasteiger partial charge in [0, 0.05) is 54.6 Å². The molecule has 6 heteroatoms. The van der Waals surface area contributed by atoms with E-state index in [0.29, 0.717) is 25.6 Å². The molecule has 3 unspecified atom stereocenters. The van der Waals surface area contributed by atoms with E-state index in [0.717, 1.165) is 35.5 Å². The predicted molar refractivity (Wildman–Crippen MR) is 126 cm³/mol. The van der Waals surface area contributed by atoms with Gasteiger partial charge < -0.3 is 15.5 Å². The lowest BCUT2D eigenvalue weighted by Crippen LogP contribution is -2.26. The van der Waals surface area contributed by atoms with Gasteiger partial charge in [-0.25, -0.2) is 0 Å². The molecule has 3 fully saturated rings. The van der Waals surface area contributed by atoms with Crippen molar-refractivity contribution < 1.29 is 0 Å². The molecule has 0 bridgehead atoms. The van der Waals surface area contributed by atoms with Crippen molar-refractivity contribution in [1.82, 2.24) is 9.88 Å². The smallest absolute Gasteiger partial charge is 0.179 e. The highest BCUT2D eigenvalue weighted by molar-refractivity contribution is 5.70. The number of benzene rings is 1. The van der Waals surface area contributed by atoms with Gasteiger partial charge in [0.25, 0.3) is 0 Å². The van der Waals surface area contributed by atoms with Crippen molar-refractivity contribution in [3.8, 4) is 23.4 Å². The van der Waals surface area contributed by atoms with E-state index in [-0.39, 0.29) is 19.3 Å². The first-order chi connectivity index (χ1) is 15.0. The fourth-order valence-electron chi connectivity index (χ4n) is 5.58. The zero-order chi connectivity index (χ0) is 21.8. The van der Waals surface area contributed by atoms with Crippen molar-refractivity contribution in [2.24, 2.45) is 23.5 Å². The predicted octanol–water partition coefficient (Wildman–Crippen LogP) is 3.80. The lowest BCUT2D eigenvalue weighted by molar-refractivity contribution is 0.395. The van der Waals surface area contributed by atoms with Crippen LogP contribution in [-0.2, 0) is 5.41 Å². The maximum atomic E-state index is 9.88. The van der Waals surface area contributed by atoms with Crippen LogP contribution in [0.15, 0.2) is 48.8 Å². The number of likely N-dealkylation sites (tertiary alicyclic amines) is 1. The van der Waals surface area contributed by atoms with Crippen LogP contribution in [-0.4, -0.2) is 36.1 Å². The molecule has 0 spiro atoms. The molecule has 0 amide bonds. The number of aryl methyl sites for hydroxylation is 1. The molecule has 2 aromatic rings. The molecule has 1 aromatic heterocycles. The fraction of sp³-hybridized carbons (Fsp3) is 0.423. The topological polar surface area (TPSA) is 93.0 Å². The van der Waals surface area contributed by atoms with Gasteiger partial charge in [-0.3, -0.25) is 4.98 Å². The molecule has 3 aliphatic rings. The van der Waals surface area contributed by atoms with E-state index in [1.807, 2.05) is 12.3 Å². The number of aromatic nitrogens is 1. The van der Waals surface area contributed by atoms with E-state index in [2.05, 4.69) is 54.9 Å². The van der Waals surface area contributed by atoms with E-state index < -0.39 is 5.41 Å². The van der Waals surface area contributed by atoms with Crippen molar-refractivity contribution in [1.29, 1.82) is 10.5 Å². The Morgan fingerprint density at radius 1 is 1.16 bits per heavy atom. The van der Waals surface area contributed by atoms with Gasteiger partial charge in [-0.2, -0.15) is 10.5 Å². The first kappa shape index (κ1) is 21.9. The highest BCUT2D eigenvalue weighted by Crippen LogP contribution is 2.62. The number of piperidine rings is 1. The summed E-state index contributed by atoms with van der Waals surface area (Å²) in [4.78, 5) is 8.72. The van der Waals surface area contributed by atoms with Crippen molar-refractivity contribution in [2.45, 2.75) is 26.2 Å². The van der Waals surface area contributed by atoms with Crippen LogP contribution in [0.1, 0.15) is 25.1 Å². The molecule has 2 saturated heterocycles. The summed E-state index contributed by atoms with van der Waals surface area (Å²) in [6.07, 6.45) is 5.02. The van der Waals surface area contributed by atoms with Crippen LogP contribution < -0.4 is 10.6 Å². The van der Waals surface area contributed by atoms with Crippen molar-refractivity contribution in [3.05, 3.63) is 60.1 Å². The van der Waals surface area contributed by atoms with Gasteiger partial charge in [0.05, 0.1) is 11.8 Å². The molecule has 1 saturated carbocycles. The lowest BCUT2D eigenvalue weighted by atomic mass is 9.95. The van der Waals surface area contributed by atoms with Gasteiger partial charge in [-0.15, -0.1) is 0 Å². The summed E-state index contributed by atoms with van der Waals surface area (Å²) in [6, 6.07) is 13.0. The number of nitrogens with zero attached hydrogens (tertiary/aromatic N) is 5. The normalized spacial score (nSPS) is 28.0. The third kappa shape index (κ3) is 3.15. The van der Waals surface area contributed by atoms with Crippen LogP contribution in [0.3, 0.4) is 0 Å². The van der Waals surface area contributed by atoms with Crippen molar-refractivity contribution in [3.63, 3.8) is 0 Å². The van der Waals surface area contributed by atoms with E-state index in [1.165, 1.54) is 11.3 Å². The van der Waals surface area contributed by atoms with Crippen LogP contribution in [0.4, 0.5) is 5.69 Å². The number of allylic oxidation sites excluding steroid dienone is 1. The second kappa shape index (κ2) is 7.97. The van der Waals surface area contributed by atoms with Gasteiger partial charge in [0.15, 0.2) is 6.19 Å². The first-order valence-electron chi connectivity index (χ1n) is 10.8. The quantitative estimate of drug-likeness (QED) is 0.748. The molecule has 3 atom stereocenters. The molecule has 2 N–H and O–H groups in total. The van der Waals surface area contributed by atoms with Gasteiger partial charge in [0.2, 0.25) is 0 Å². The van der Waals surface area contributed by atoms with Gasteiger partial charge in [0.1, 0.15) is 5.41 Å². The molecule has 1 aromatic carbocycles. The second-order valence-corrected chi connectivity index (χ2v) is 9.11. The molecule has 164 valence electrons. The average molecular weight is 427 g/mol. The average Bonchev–Trinajstić information content (AvgIpc) is 3.09. The van der Waals surface area contributed by atoms with Crippen LogP contribution in [0.5, 0.6) is 0 Å². The Kier molecular flexibility index (Phi) is 5.44. The van der Waals surface area contributed by atoms with Crippen molar-refractivity contribution >= 4 is 5.69 Å². The van der Waals surface area contributed by atoms with Crippen LogP contribution in [0.2, 0.25) is 0 Å². The highest BCUT2D eigenvalue weighted by Gasteiger charge is 2.71. The maximum Gasteiger partial charge on any atom is 0.179 e. The van der Waals surface area contributed by atoms with Gasteiger partial charge in [-0.05, 0) is 55.1 Å². The SMILES string of the molecule is C.C=C1CC(CN)CN1c1ccc(-c2ccc(C3(C#N)C4CN(C#N)CC43)nc2)cc1C. The van der Waals surface area contributed by atoms with Gasteiger partial charge >= 0.3 is 0 Å². The summed E-state index contributed by atoms with van der Waals surface area (Å²) in [7, 11) is 0. The molecular formula is C26H30N6. The summed E-state index contributed by atoms with van der Waals surface area (Å²) in [5, 5.41) is 19.0. The van der Waals surface area contributed by atoms with Crippen LogP contribution in [0, 0.1) is 47.5 Å². The molecule has 5 rings (SSSR count). The molecule has 2 aliphatic heterocycles. The Balaban J connectivity index is 0.00000245. The summed E-state index contributed by atoms with van der Waals surface area (Å²) < 4.78 is 0. The Bertz CT molecular complexity index is 1110. The zero-order valence-electron chi connectivity index (χ0n) is 17.8. The maximum absolute atomic E-state index is 9.88. The third-order valence-electron chi connectivity index (χ3n) is 7.40. The highest BCUT2D eigenvalue weighted by atomic mass is 15.2. The molecule has 3 heterocycles. The monoisotopic (exact) mass is 426 g/mol. The number of nitriles is 2. The lowest BCUT2D eigenvalue weighted by Gasteiger charge is -2.22. The molecule has 6 nitrogen and oxygen atoms in total.